The summed E-state index contributed by atoms with van der Waals surface area (Å²) in [5.41, 5.74) is -1.28. The summed E-state index contributed by atoms with van der Waals surface area (Å²) in [5.74, 6) is 0. The van der Waals surface area contributed by atoms with Crippen LogP contribution in [0.3, 0.4) is 0 Å². The lowest BCUT2D eigenvalue weighted by atomic mass is 10.1. The van der Waals surface area contributed by atoms with Crippen LogP contribution in [-0.2, 0) is 14.3 Å². The maximum absolute atomic E-state index is 13.0. The Morgan fingerprint density at radius 3 is 2.14 bits per heavy atom. The molecular formula is C14H17ClF3NO3. The minimum absolute atomic E-state index is 0.138. The van der Waals surface area contributed by atoms with Crippen LogP contribution in [0.1, 0.15) is 19.4 Å². The maximum atomic E-state index is 13.0. The van der Waals surface area contributed by atoms with E-state index in [-0.39, 0.29) is 12.2 Å². The Kier molecular flexibility index (Phi) is 7.64. The Morgan fingerprint density at radius 1 is 1.14 bits per heavy atom. The van der Waals surface area contributed by atoms with Crippen molar-refractivity contribution in [2.24, 2.45) is 5.16 Å². The third-order valence-electron chi connectivity index (χ3n) is 2.46. The fraction of sp³-hybridized carbons (Fsp3) is 0.500. The predicted octanol–water partition coefficient (Wildman–Crippen LogP) is 4.02. The molecule has 0 radical (unpaired) electrons. The highest BCUT2D eigenvalue weighted by Crippen LogP contribution is 2.24. The molecule has 0 atom stereocenters. The third kappa shape index (κ3) is 6.21. The number of oxime groups is 1. The monoisotopic (exact) mass is 339 g/mol. The normalized spacial score (nSPS) is 12.8. The lowest BCUT2D eigenvalue weighted by Gasteiger charge is -2.16. The number of ether oxygens (including phenoxy) is 2. The number of rotatable bonds is 8. The van der Waals surface area contributed by atoms with Gasteiger partial charge in [-0.05, 0) is 26.0 Å². The average molecular weight is 340 g/mol. The van der Waals surface area contributed by atoms with Gasteiger partial charge in [-0.2, -0.15) is 13.2 Å². The van der Waals surface area contributed by atoms with E-state index >= 15 is 0 Å². The molecule has 0 aliphatic rings. The molecule has 0 unspecified atom stereocenters. The van der Waals surface area contributed by atoms with Crippen molar-refractivity contribution in [3.63, 3.8) is 0 Å². The number of benzene rings is 1. The largest absolute Gasteiger partial charge is 0.437 e. The highest BCUT2D eigenvalue weighted by molar-refractivity contribution is 6.30. The number of halogens is 4. The van der Waals surface area contributed by atoms with Crippen molar-refractivity contribution in [3.8, 4) is 0 Å². The molecule has 0 saturated heterocycles. The van der Waals surface area contributed by atoms with Gasteiger partial charge in [0, 0.05) is 23.8 Å². The molecule has 0 bridgehead atoms. The quantitative estimate of drug-likeness (QED) is 0.408. The Labute approximate surface area is 131 Å². The molecule has 4 nitrogen and oxygen atoms in total. The second kappa shape index (κ2) is 8.97. The minimum Gasteiger partial charge on any atom is -0.390 e. The van der Waals surface area contributed by atoms with E-state index in [2.05, 4.69) is 5.16 Å². The number of nitrogens with zero attached hydrogens (tertiary/aromatic N) is 1. The molecule has 0 aliphatic carbocycles. The van der Waals surface area contributed by atoms with Crippen molar-refractivity contribution in [1.29, 1.82) is 0 Å². The molecule has 22 heavy (non-hydrogen) atoms. The van der Waals surface area contributed by atoms with Gasteiger partial charge in [-0.3, -0.25) is 0 Å². The molecule has 1 aromatic carbocycles. The molecule has 124 valence electrons. The SMILES string of the molecule is CCOC(CON=C(c1ccc(Cl)cc1)C(F)(F)F)OCC. The summed E-state index contributed by atoms with van der Waals surface area (Å²) in [6.45, 7) is 3.94. The molecule has 0 spiro atoms. The number of alkyl halides is 3. The molecule has 0 heterocycles. The highest BCUT2D eigenvalue weighted by Gasteiger charge is 2.38. The lowest BCUT2D eigenvalue weighted by Crippen LogP contribution is -2.26. The topological polar surface area (TPSA) is 40.0 Å². The van der Waals surface area contributed by atoms with Crippen molar-refractivity contribution in [3.05, 3.63) is 34.9 Å². The van der Waals surface area contributed by atoms with Crippen molar-refractivity contribution in [1.82, 2.24) is 0 Å². The van der Waals surface area contributed by atoms with Crippen molar-refractivity contribution >= 4 is 17.3 Å². The summed E-state index contributed by atoms with van der Waals surface area (Å²) in [6.07, 6.45) is -5.42. The molecule has 1 rings (SSSR count). The van der Waals surface area contributed by atoms with Crippen LogP contribution in [0.15, 0.2) is 29.4 Å². The summed E-state index contributed by atoms with van der Waals surface area (Å²) in [6, 6.07) is 5.14. The summed E-state index contributed by atoms with van der Waals surface area (Å²) < 4.78 is 49.4. The Morgan fingerprint density at radius 2 is 1.68 bits per heavy atom. The van der Waals surface area contributed by atoms with E-state index in [0.29, 0.717) is 18.2 Å². The molecule has 0 N–H and O–H groups in total. The van der Waals surface area contributed by atoms with E-state index in [0.717, 1.165) is 0 Å². The van der Waals surface area contributed by atoms with Crippen LogP contribution >= 0.6 is 11.6 Å². The van der Waals surface area contributed by atoms with Crippen LogP contribution in [0.25, 0.3) is 0 Å². The van der Waals surface area contributed by atoms with Gasteiger partial charge in [-0.15, -0.1) is 0 Å². The van der Waals surface area contributed by atoms with E-state index in [1.165, 1.54) is 24.3 Å². The van der Waals surface area contributed by atoms with Crippen molar-refractivity contribution in [2.45, 2.75) is 26.3 Å². The first kappa shape index (κ1) is 18.7. The second-order valence-electron chi connectivity index (χ2n) is 4.08. The van der Waals surface area contributed by atoms with Gasteiger partial charge in [0.05, 0.1) is 0 Å². The number of hydrogen-bond donors (Lipinski definition) is 0. The smallest absolute Gasteiger partial charge is 0.390 e. The molecule has 0 aromatic heterocycles. The summed E-state index contributed by atoms with van der Waals surface area (Å²) in [5, 5.41) is 3.52. The van der Waals surface area contributed by atoms with Gasteiger partial charge in [0.25, 0.3) is 0 Å². The Bertz CT molecular complexity index is 471. The maximum Gasteiger partial charge on any atom is 0.437 e. The first-order chi connectivity index (χ1) is 10.4. The van der Waals surface area contributed by atoms with Gasteiger partial charge in [-0.1, -0.05) is 28.9 Å². The highest BCUT2D eigenvalue weighted by atomic mass is 35.5. The molecular weight excluding hydrogens is 323 g/mol. The summed E-state index contributed by atoms with van der Waals surface area (Å²) in [4.78, 5) is 4.76. The van der Waals surface area contributed by atoms with Crippen LogP contribution in [0, 0.1) is 0 Å². The minimum atomic E-state index is -4.65. The van der Waals surface area contributed by atoms with Crippen LogP contribution in [-0.4, -0.2) is 38.0 Å². The molecule has 0 fully saturated rings. The molecule has 0 amide bonds. The number of hydrogen-bond acceptors (Lipinski definition) is 4. The zero-order valence-electron chi connectivity index (χ0n) is 12.2. The van der Waals surface area contributed by atoms with E-state index in [4.69, 9.17) is 25.9 Å². The van der Waals surface area contributed by atoms with Crippen LogP contribution in [0.4, 0.5) is 13.2 Å². The first-order valence-electron chi connectivity index (χ1n) is 6.64. The molecule has 8 heteroatoms. The van der Waals surface area contributed by atoms with E-state index in [1.54, 1.807) is 13.8 Å². The fourth-order valence-corrected chi connectivity index (χ4v) is 1.68. The Hall–Kier alpha value is -1.31. The van der Waals surface area contributed by atoms with Crippen molar-refractivity contribution in [2.75, 3.05) is 19.8 Å². The van der Waals surface area contributed by atoms with E-state index in [1.807, 2.05) is 0 Å². The van der Waals surface area contributed by atoms with E-state index in [9.17, 15) is 13.2 Å². The zero-order chi connectivity index (χ0) is 16.6. The van der Waals surface area contributed by atoms with Gasteiger partial charge >= 0.3 is 6.18 Å². The summed E-state index contributed by atoms with van der Waals surface area (Å²) >= 11 is 5.66. The van der Waals surface area contributed by atoms with Crippen LogP contribution in [0.5, 0.6) is 0 Å². The van der Waals surface area contributed by atoms with Gasteiger partial charge in [0.2, 0.25) is 0 Å². The molecule has 1 aromatic rings. The zero-order valence-corrected chi connectivity index (χ0v) is 12.9. The first-order valence-corrected chi connectivity index (χ1v) is 7.02. The van der Waals surface area contributed by atoms with Gasteiger partial charge < -0.3 is 14.3 Å². The van der Waals surface area contributed by atoms with Gasteiger partial charge in [-0.25, -0.2) is 0 Å². The molecule has 0 aliphatic heterocycles. The van der Waals surface area contributed by atoms with Crippen LogP contribution in [0.2, 0.25) is 5.02 Å². The standard InChI is InChI=1S/C14H17ClF3NO3/c1-3-20-12(21-4-2)9-22-19-13(14(16,17)18)10-5-7-11(15)8-6-10/h5-8,12H,3-4,9H2,1-2H3. The second-order valence-corrected chi connectivity index (χ2v) is 4.52. The summed E-state index contributed by atoms with van der Waals surface area (Å²) in [7, 11) is 0. The third-order valence-corrected chi connectivity index (χ3v) is 2.71. The Balaban J connectivity index is 2.82. The van der Waals surface area contributed by atoms with Gasteiger partial charge in [0.15, 0.2) is 18.6 Å². The van der Waals surface area contributed by atoms with E-state index < -0.39 is 18.2 Å². The van der Waals surface area contributed by atoms with Crippen molar-refractivity contribution < 1.29 is 27.5 Å². The average Bonchev–Trinajstić information content (AvgIpc) is 2.44. The predicted molar refractivity (Wildman–Crippen MR) is 77.0 cm³/mol. The fourth-order valence-electron chi connectivity index (χ4n) is 1.55. The van der Waals surface area contributed by atoms with Crippen LogP contribution < -0.4 is 0 Å². The lowest BCUT2D eigenvalue weighted by molar-refractivity contribution is -0.168. The molecule has 0 saturated carbocycles. The van der Waals surface area contributed by atoms with Gasteiger partial charge in [0.1, 0.15) is 0 Å².